The molecule has 0 saturated heterocycles. The number of allylic oxidation sites excluding steroid dienone is 3. The molecule has 1 aromatic carbocycles. The molecule has 1 aromatic rings. The molecule has 276 valence electrons. The van der Waals surface area contributed by atoms with Crippen molar-refractivity contribution in [3.05, 3.63) is 72.5 Å². The van der Waals surface area contributed by atoms with E-state index in [0.29, 0.717) is 11.8 Å². The molecule has 0 aromatic heterocycles. The molecule has 1 N–H and O–H groups in total. The van der Waals surface area contributed by atoms with E-state index in [-0.39, 0.29) is 27.1 Å². The minimum absolute atomic E-state index is 0.0188. The molecule has 0 radical (unpaired) electrons. The van der Waals surface area contributed by atoms with Gasteiger partial charge in [-0.25, -0.2) is 0 Å². The highest BCUT2D eigenvalue weighted by atomic mass is 32.1. The van der Waals surface area contributed by atoms with Gasteiger partial charge in [0.25, 0.3) is 0 Å². The van der Waals surface area contributed by atoms with E-state index in [1.54, 1.807) is 0 Å². The molecule has 0 bridgehead atoms. The molecule has 3 heteroatoms. The maximum absolute atomic E-state index is 4.95. The first-order valence-electron chi connectivity index (χ1n) is 19.3. The average molecular weight is 681 g/mol. The third kappa shape index (κ3) is 11.0. The summed E-state index contributed by atoms with van der Waals surface area (Å²) in [5.41, 5.74) is 5.48. The van der Waals surface area contributed by atoms with Crippen LogP contribution in [-0.2, 0) is 5.75 Å². The predicted molar refractivity (Wildman–Crippen MR) is 221 cm³/mol. The molecule has 2 nitrogen and oxygen atoms in total. The van der Waals surface area contributed by atoms with Crippen molar-refractivity contribution in [1.29, 1.82) is 0 Å². The van der Waals surface area contributed by atoms with Crippen molar-refractivity contribution in [3.63, 3.8) is 0 Å². The molecule has 0 aliphatic carbocycles. The zero-order valence-electron chi connectivity index (χ0n) is 34.2. The number of benzene rings is 1. The van der Waals surface area contributed by atoms with Crippen molar-refractivity contribution in [3.8, 4) is 0 Å². The quantitative estimate of drug-likeness (QED) is 0.0642. The van der Waals surface area contributed by atoms with Gasteiger partial charge in [0.2, 0.25) is 0 Å². The van der Waals surface area contributed by atoms with Crippen molar-refractivity contribution < 1.29 is 0 Å². The Labute approximate surface area is 306 Å². The second-order valence-corrected chi connectivity index (χ2v) is 18.3. The van der Waals surface area contributed by atoms with Gasteiger partial charge in [-0.2, -0.15) is 12.6 Å². The number of hydrogen-bond donors (Lipinski definition) is 2. The van der Waals surface area contributed by atoms with Crippen LogP contribution in [0.2, 0.25) is 0 Å². The van der Waals surface area contributed by atoms with Gasteiger partial charge in [-0.3, -0.25) is 0 Å². The molecule has 0 fully saturated rings. The fraction of sp³-hybridized carbons (Fsp3) is 0.733. The van der Waals surface area contributed by atoms with Gasteiger partial charge in [-0.05, 0) is 95.6 Å². The number of unbranched alkanes of at least 4 members (excludes halogenated alkanes) is 2. The molecule has 0 saturated carbocycles. The molecular weight excluding hydrogens is 601 g/mol. The molecule has 0 aliphatic heterocycles. The Kier molecular flexibility index (Phi) is 17.9. The molecule has 1 rings (SSSR count). The maximum atomic E-state index is 4.95. The van der Waals surface area contributed by atoms with Gasteiger partial charge >= 0.3 is 0 Å². The molecule has 48 heavy (non-hydrogen) atoms. The van der Waals surface area contributed by atoms with Crippen LogP contribution in [0.4, 0.5) is 0 Å². The van der Waals surface area contributed by atoms with E-state index in [9.17, 15) is 0 Å². The van der Waals surface area contributed by atoms with Gasteiger partial charge in [0.15, 0.2) is 0 Å². The lowest BCUT2D eigenvalue weighted by molar-refractivity contribution is -0.0935. The summed E-state index contributed by atoms with van der Waals surface area (Å²) in [6, 6.07) is 9.43. The largest absolute Gasteiger partial charge is 0.374 e. The van der Waals surface area contributed by atoms with Crippen LogP contribution in [0.1, 0.15) is 158 Å². The summed E-state index contributed by atoms with van der Waals surface area (Å²) in [6.07, 6.45) is 12.3. The van der Waals surface area contributed by atoms with E-state index < -0.39 is 0 Å². The second-order valence-electron chi connectivity index (χ2n) is 18.0. The molecule has 0 amide bonds. The van der Waals surface area contributed by atoms with Crippen LogP contribution in [0.25, 0.3) is 0 Å². The number of nitrogens with one attached hydrogen (secondary N) is 1. The fourth-order valence-electron chi connectivity index (χ4n) is 8.26. The van der Waals surface area contributed by atoms with Crippen LogP contribution in [-0.4, -0.2) is 31.6 Å². The van der Waals surface area contributed by atoms with Gasteiger partial charge in [-0.1, -0.05) is 151 Å². The van der Waals surface area contributed by atoms with Crippen LogP contribution in [0.3, 0.4) is 0 Å². The predicted octanol–water partition coefficient (Wildman–Crippen LogP) is 13.3. The molecule has 0 spiro atoms. The lowest BCUT2D eigenvalue weighted by Gasteiger charge is -2.63. The van der Waals surface area contributed by atoms with Gasteiger partial charge in [0, 0.05) is 31.1 Å². The van der Waals surface area contributed by atoms with Crippen LogP contribution >= 0.6 is 12.6 Å². The van der Waals surface area contributed by atoms with Gasteiger partial charge in [0.1, 0.15) is 0 Å². The van der Waals surface area contributed by atoms with Crippen molar-refractivity contribution in [1.82, 2.24) is 10.2 Å². The minimum Gasteiger partial charge on any atom is -0.374 e. The zero-order valence-corrected chi connectivity index (χ0v) is 35.1. The van der Waals surface area contributed by atoms with E-state index in [1.807, 2.05) is 13.1 Å². The summed E-state index contributed by atoms with van der Waals surface area (Å²) >= 11 is 4.58. The van der Waals surface area contributed by atoms with Crippen molar-refractivity contribution >= 4 is 12.6 Å². The first-order valence-corrected chi connectivity index (χ1v) is 19.9. The molecule has 3 atom stereocenters. The van der Waals surface area contributed by atoms with Crippen molar-refractivity contribution in [2.45, 2.75) is 153 Å². The zero-order chi connectivity index (χ0) is 37.0. The number of rotatable bonds is 24. The van der Waals surface area contributed by atoms with E-state index in [2.05, 4.69) is 143 Å². The van der Waals surface area contributed by atoms with Gasteiger partial charge < -0.3 is 10.2 Å². The van der Waals surface area contributed by atoms with Crippen LogP contribution in [0.5, 0.6) is 0 Å². The van der Waals surface area contributed by atoms with Gasteiger partial charge in [0.05, 0.1) is 0 Å². The Bertz CT molecular complexity index is 1120. The first kappa shape index (κ1) is 44.6. The summed E-state index contributed by atoms with van der Waals surface area (Å²) in [4.78, 5) is 2.48. The number of likely N-dealkylation sites (N-methyl/N-ethyl adjacent to an activating group) is 1. The lowest BCUT2D eigenvalue weighted by Crippen LogP contribution is -2.55. The van der Waals surface area contributed by atoms with E-state index in [1.165, 1.54) is 48.1 Å². The van der Waals surface area contributed by atoms with Gasteiger partial charge in [-0.15, -0.1) is 6.58 Å². The van der Waals surface area contributed by atoms with E-state index in [0.717, 1.165) is 57.5 Å². The molecule has 0 heterocycles. The Hall–Kier alpha value is -1.45. The van der Waals surface area contributed by atoms with Crippen molar-refractivity contribution in [2.75, 3.05) is 26.7 Å². The molecular formula is C45H80N2S. The average Bonchev–Trinajstić information content (AvgIpc) is 3.03. The Morgan fingerprint density at radius 2 is 1.50 bits per heavy atom. The van der Waals surface area contributed by atoms with Crippen LogP contribution in [0, 0.1) is 33.0 Å². The minimum atomic E-state index is -0.0931. The van der Waals surface area contributed by atoms with E-state index >= 15 is 0 Å². The first-order chi connectivity index (χ1) is 22.2. The Morgan fingerprint density at radius 1 is 0.896 bits per heavy atom. The van der Waals surface area contributed by atoms with Crippen molar-refractivity contribution in [2.24, 2.45) is 33.0 Å². The normalized spacial score (nSPS) is 15.5. The summed E-state index contributed by atoms with van der Waals surface area (Å²) in [6.45, 7) is 46.3. The number of nitrogens with zero attached hydrogens (tertiary/aromatic N) is 1. The SMILES string of the molecule is C=CCCC(=C)N(CCCCC(=C)C(C)(C(C)(C)C)C(C)(C)C(C)(C)C(CC(C)(C)C(C)CCCC)c1ccc(CS)cc1)CCNC. The second kappa shape index (κ2) is 19.2. The highest BCUT2D eigenvalue weighted by Crippen LogP contribution is 2.67. The highest BCUT2D eigenvalue weighted by molar-refractivity contribution is 7.79. The summed E-state index contributed by atoms with van der Waals surface area (Å²) in [5.74, 6) is 1.84. The Morgan fingerprint density at radius 3 is 2.00 bits per heavy atom. The van der Waals surface area contributed by atoms with Crippen LogP contribution in [0.15, 0.2) is 61.3 Å². The summed E-state index contributed by atoms with van der Waals surface area (Å²) < 4.78 is 0. The monoisotopic (exact) mass is 681 g/mol. The number of hydrogen-bond acceptors (Lipinski definition) is 3. The topological polar surface area (TPSA) is 15.3 Å². The standard InChI is InChI=1S/C45H80N2S/c1-17-19-23-35(3)42(9,10)33-40(39-28-26-38(34-48)27-29-39)43(11,12)44(13,14)45(15,41(6,7)8)36(4)24-21-22-31-47(32-30-46-16)37(5)25-20-18-2/h18,26-29,35,40,46,48H,2,4-5,17,19-25,30-34H2,1,3,6-16H3. The highest BCUT2D eigenvalue weighted by Gasteiger charge is 2.59. The number of thiol groups is 1. The van der Waals surface area contributed by atoms with E-state index in [4.69, 9.17) is 6.58 Å². The Balaban J connectivity index is 3.49. The fourth-order valence-corrected chi connectivity index (χ4v) is 8.47. The maximum Gasteiger partial charge on any atom is 0.0299 e. The lowest BCUT2D eigenvalue weighted by atomic mass is 9.41. The smallest absolute Gasteiger partial charge is 0.0299 e. The molecule has 0 aliphatic rings. The summed E-state index contributed by atoms with van der Waals surface area (Å²) in [7, 11) is 2.03. The third-order valence-corrected chi connectivity index (χ3v) is 13.8. The third-order valence-electron chi connectivity index (χ3n) is 13.4. The summed E-state index contributed by atoms with van der Waals surface area (Å²) in [5, 5.41) is 3.32. The molecule has 3 unspecified atom stereocenters. The van der Waals surface area contributed by atoms with Crippen LogP contribution < -0.4 is 5.32 Å².